The Morgan fingerprint density at radius 2 is 1.69 bits per heavy atom. The standard InChI is InChI=1S/C18H10ClFN4OS/c19-13-3-6-15(23-9-13)26-18-16(12-7-21-10-22-8-12)24-17(25-18)11-1-4-14(20)5-2-11/h1-10H. The maximum Gasteiger partial charge on any atom is 0.228 e. The predicted octanol–water partition coefficient (Wildman–Crippen LogP) is 5.14. The fraction of sp³-hybridized carbons (Fsp3) is 0. The van der Waals surface area contributed by atoms with Gasteiger partial charge in [0.25, 0.3) is 0 Å². The quantitative estimate of drug-likeness (QED) is 0.485. The summed E-state index contributed by atoms with van der Waals surface area (Å²) in [5.74, 6) is 0.0530. The molecule has 0 aliphatic heterocycles. The molecule has 1 aromatic carbocycles. The van der Waals surface area contributed by atoms with Crippen molar-refractivity contribution >= 4 is 23.4 Å². The summed E-state index contributed by atoms with van der Waals surface area (Å²) < 4.78 is 19.1. The van der Waals surface area contributed by atoms with Crippen molar-refractivity contribution in [1.29, 1.82) is 0 Å². The molecule has 0 saturated carbocycles. The third-order valence-corrected chi connectivity index (χ3v) is 4.56. The van der Waals surface area contributed by atoms with Crippen LogP contribution in [0.25, 0.3) is 22.7 Å². The molecule has 3 heterocycles. The van der Waals surface area contributed by atoms with Crippen molar-refractivity contribution in [3.8, 4) is 22.7 Å². The van der Waals surface area contributed by atoms with Gasteiger partial charge in [0.05, 0.1) is 5.02 Å². The molecular formula is C18H10ClFN4OS. The first-order valence-corrected chi connectivity index (χ1v) is 8.70. The molecule has 0 amide bonds. The SMILES string of the molecule is Fc1ccc(-c2nc(-c3cncnc3)c(Sc3ccc(Cl)cn3)o2)cc1. The third kappa shape index (κ3) is 3.58. The van der Waals surface area contributed by atoms with Crippen molar-refractivity contribution < 1.29 is 8.81 Å². The summed E-state index contributed by atoms with van der Waals surface area (Å²) in [7, 11) is 0. The van der Waals surface area contributed by atoms with Crippen LogP contribution in [0.15, 0.2) is 75.9 Å². The predicted molar refractivity (Wildman–Crippen MR) is 96.3 cm³/mol. The van der Waals surface area contributed by atoms with Crippen LogP contribution in [0.1, 0.15) is 0 Å². The van der Waals surface area contributed by atoms with E-state index in [-0.39, 0.29) is 5.82 Å². The molecule has 0 aliphatic rings. The minimum Gasteiger partial charge on any atom is -0.429 e. The van der Waals surface area contributed by atoms with Crippen molar-refractivity contribution in [2.45, 2.75) is 10.1 Å². The second-order valence-corrected chi connectivity index (χ2v) is 6.64. The monoisotopic (exact) mass is 384 g/mol. The Morgan fingerprint density at radius 3 is 2.38 bits per heavy atom. The Morgan fingerprint density at radius 1 is 0.923 bits per heavy atom. The molecule has 0 N–H and O–H groups in total. The highest BCUT2D eigenvalue weighted by Crippen LogP contribution is 2.38. The van der Waals surface area contributed by atoms with Crippen LogP contribution < -0.4 is 0 Å². The van der Waals surface area contributed by atoms with Crippen LogP contribution in [0.5, 0.6) is 0 Å². The highest BCUT2D eigenvalue weighted by molar-refractivity contribution is 7.99. The fourth-order valence-corrected chi connectivity index (χ4v) is 3.14. The summed E-state index contributed by atoms with van der Waals surface area (Å²) in [4.78, 5) is 16.9. The molecule has 4 rings (SSSR count). The topological polar surface area (TPSA) is 64.7 Å². The molecule has 128 valence electrons. The number of halogens is 2. The van der Waals surface area contributed by atoms with Crippen LogP contribution in [-0.2, 0) is 0 Å². The summed E-state index contributed by atoms with van der Waals surface area (Å²) in [6.07, 6.45) is 6.31. The van der Waals surface area contributed by atoms with Gasteiger partial charge >= 0.3 is 0 Å². The highest BCUT2D eigenvalue weighted by Gasteiger charge is 2.18. The Hall–Kier alpha value is -2.77. The number of aromatic nitrogens is 4. The Labute approximate surface area is 157 Å². The van der Waals surface area contributed by atoms with Gasteiger partial charge in [-0.05, 0) is 48.2 Å². The van der Waals surface area contributed by atoms with E-state index in [0.717, 1.165) is 0 Å². The van der Waals surface area contributed by atoms with Crippen LogP contribution in [0.2, 0.25) is 5.02 Å². The zero-order valence-electron chi connectivity index (χ0n) is 13.1. The van der Waals surface area contributed by atoms with E-state index in [9.17, 15) is 4.39 Å². The normalized spacial score (nSPS) is 10.8. The average molecular weight is 385 g/mol. The molecule has 8 heteroatoms. The van der Waals surface area contributed by atoms with Gasteiger partial charge in [0.2, 0.25) is 5.89 Å². The van der Waals surface area contributed by atoms with Gasteiger partial charge in [-0.15, -0.1) is 0 Å². The Balaban J connectivity index is 1.77. The molecule has 26 heavy (non-hydrogen) atoms. The lowest BCUT2D eigenvalue weighted by Gasteiger charge is -2.00. The molecule has 0 saturated heterocycles. The van der Waals surface area contributed by atoms with Crippen LogP contribution in [0, 0.1) is 5.82 Å². The summed E-state index contributed by atoms with van der Waals surface area (Å²) >= 11 is 7.19. The van der Waals surface area contributed by atoms with Crippen molar-refractivity contribution in [2.24, 2.45) is 0 Å². The van der Waals surface area contributed by atoms with Gasteiger partial charge < -0.3 is 4.42 Å². The number of benzene rings is 1. The first-order valence-electron chi connectivity index (χ1n) is 7.50. The van der Waals surface area contributed by atoms with Crippen molar-refractivity contribution in [3.63, 3.8) is 0 Å². The molecule has 5 nitrogen and oxygen atoms in total. The van der Waals surface area contributed by atoms with Gasteiger partial charge in [0, 0.05) is 29.7 Å². The van der Waals surface area contributed by atoms with Gasteiger partial charge in [-0.25, -0.2) is 24.3 Å². The van der Waals surface area contributed by atoms with E-state index >= 15 is 0 Å². The van der Waals surface area contributed by atoms with Crippen molar-refractivity contribution in [2.75, 3.05) is 0 Å². The lowest BCUT2D eigenvalue weighted by atomic mass is 10.2. The van der Waals surface area contributed by atoms with E-state index in [1.54, 1.807) is 42.9 Å². The third-order valence-electron chi connectivity index (χ3n) is 3.42. The lowest BCUT2D eigenvalue weighted by molar-refractivity contribution is 0.485. The number of hydrogen-bond donors (Lipinski definition) is 0. The second kappa shape index (κ2) is 7.23. The largest absolute Gasteiger partial charge is 0.429 e. The van der Waals surface area contributed by atoms with Crippen LogP contribution in [0.4, 0.5) is 4.39 Å². The summed E-state index contributed by atoms with van der Waals surface area (Å²) in [5, 5.41) is 1.79. The number of pyridine rings is 1. The van der Waals surface area contributed by atoms with Gasteiger partial charge in [0.15, 0.2) is 5.09 Å². The number of rotatable bonds is 4. The molecule has 0 unspecified atom stereocenters. The Kier molecular flexibility index (Phi) is 4.64. The molecular weight excluding hydrogens is 375 g/mol. The fourth-order valence-electron chi connectivity index (χ4n) is 2.21. The van der Waals surface area contributed by atoms with E-state index in [0.29, 0.717) is 37.9 Å². The molecule has 0 aliphatic carbocycles. The lowest BCUT2D eigenvalue weighted by Crippen LogP contribution is -1.85. The molecule has 4 aromatic rings. The van der Waals surface area contributed by atoms with E-state index in [1.807, 2.05) is 0 Å². The minimum atomic E-state index is -0.322. The maximum atomic E-state index is 13.2. The van der Waals surface area contributed by atoms with Crippen LogP contribution in [0.3, 0.4) is 0 Å². The van der Waals surface area contributed by atoms with Gasteiger partial charge in [0.1, 0.15) is 22.9 Å². The van der Waals surface area contributed by atoms with Crippen LogP contribution >= 0.6 is 23.4 Å². The zero-order valence-corrected chi connectivity index (χ0v) is 14.7. The second-order valence-electron chi connectivity index (χ2n) is 5.21. The first kappa shape index (κ1) is 16.7. The van der Waals surface area contributed by atoms with E-state index in [2.05, 4.69) is 19.9 Å². The molecule has 3 aromatic heterocycles. The van der Waals surface area contributed by atoms with E-state index < -0.39 is 0 Å². The van der Waals surface area contributed by atoms with E-state index in [4.69, 9.17) is 16.0 Å². The number of oxazole rings is 1. The van der Waals surface area contributed by atoms with Gasteiger partial charge in [-0.3, -0.25) is 0 Å². The van der Waals surface area contributed by atoms with Gasteiger partial charge in [-0.1, -0.05) is 11.6 Å². The van der Waals surface area contributed by atoms with Crippen molar-refractivity contribution in [1.82, 2.24) is 19.9 Å². The molecule has 0 spiro atoms. The van der Waals surface area contributed by atoms with Crippen LogP contribution in [-0.4, -0.2) is 19.9 Å². The molecule has 0 atom stereocenters. The molecule has 0 bridgehead atoms. The smallest absolute Gasteiger partial charge is 0.228 e. The summed E-state index contributed by atoms with van der Waals surface area (Å²) in [6.45, 7) is 0. The zero-order chi connectivity index (χ0) is 17.9. The summed E-state index contributed by atoms with van der Waals surface area (Å²) in [5.41, 5.74) is 1.97. The number of hydrogen-bond acceptors (Lipinski definition) is 6. The number of nitrogens with zero attached hydrogens (tertiary/aromatic N) is 4. The van der Waals surface area contributed by atoms with Crippen molar-refractivity contribution in [3.05, 3.63) is 72.2 Å². The summed E-state index contributed by atoms with van der Waals surface area (Å²) in [6, 6.07) is 9.48. The maximum absolute atomic E-state index is 13.2. The Bertz CT molecular complexity index is 1020. The highest BCUT2D eigenvalue weighted by atomic mass is 35.5. The molecule has 0 fully saturated rings. The minimum absolute atomic E-state index is 0.322. The first-order chi connectivity index (χ1) is 12.7. The average Bonchev–Trinajstić information content (AvgIpc) is 3.09. The van der Waals surface area contributed by atoms with Gasteiger partial charge in [-0.2, -0.15) is 0 Å². The molecule has 0 radical (unpaired) electrons. The van der Waals surface area contributed by atoms with E-state index in [1.165, 1.54) is 30.2 Å².